The molecule has 0 fully saturated rings. The van der Waals surface area contributed by atoms with Gasteiger partial charge in [-0.05, 0) is 19.3 Å². The molecule has 0 saturated heterocycles. The second-order valence-corrected chi connectivity index (χ2v) is 4.11. The summed E-state index contributed by atoms with van der Waals surface area (Å²) in [6.07, 6.45) is 1.64. The molecule has 1 radical (unpaired) electrons. The molecule has 0 aliphatic heterocycles. The number of hydrogen-bond donors (Lipinski definition) is 1. The number of rotatable bonds is 5. The molecule has 0 aromatic heterocycles. The maximum absolute atomic E-state index is 10.2. The third kappa shape index (κ3) is 7.77. The molecular weight excluding hydrogens is 166 g/mol. The molecule has 0 heterocycles. The molecule has 0 aromatic carbocycles. The molecule has 5 heteroatoms. The average molecular weight is 180 g/mol. The predicted molar refractivity (Wildman–Crippen MR) is 42.8 cm³/mol. The fourth-order valence-corrected chi connectivity index (χ4v) is 1.25. The van der Waals surface area contributed by atoms with Gasteiger partial charge in [-0.1, -0.05) is 6.92 Å². The summed E-state index contributed by atoms with van der Waals surface area (Å²) in [5.74, 6) is -0.220. The van der Waals surface area contributed by atoms with Crippen LogP contribution in [0.5, 0.6) is 0 Å². The van der Waals surface area contributed by atoms with E-state index in [2.05, 4.69) is 0 Å². The van der Waals surface area contributed by atoms with Crippen molar-refractivity contribution in [2.45, 2.75) is 32.2 Å². The van der Waals surface area contributed by atoms with Gasteiger partial charge in [0.25, 0.3) is 10.1 Å². The van der Waals surface area contributed by atoms with Gasteiger partial charge in [-0.25, -0.2) is 0 Å². The minimum Gasteiger partial charge on any atom is -0.286 e. The van der Waals surface area contributed by atoms with Gasteiger partial charge < -0.3 is 0 Å². The van der Waals surface area contributed by atoms with E-state index in [0.29, 0.717) is 12.8 Å². The second kappa shape index (κ2) is 4.69. The van der Waals surface area contributed by atoms with Gasteiger partial charge in [0.2, 0.25) is 0 Å². The van der Waals surface area contributed by atoms with Crippen LogP contribution in [0.1, 0.15) is 26.2 Å². The molecule has 0 aliphatic rings. The molecule has 1 unspecified atom stereocenters. The van der Waals surface area contributed by atoms with Crippen LogP contribution in [0.25, 0.3) is 0 Å². The largest absolute Gasteiger partial charge is 0.286 e. The Balaban J connectivity index is 3.43. The Labute approximate surface area is 67.5 Å². The zero-order valence-corrected chi connectivity index (χ0v) is 7.39. The first kappa shape index (κ1) is 10.9. The maximum Gasteiger partial charge on any atom is 0.264 e. The van der Waals surface area contributed by atoms with Gasteiger partial charge in [-0.15, -0.1) is 0 Å². The van der Waals surface area contributed by atoms with Gasteiger partial charge in [-0.3, -0.25) is 10.3 Å². The van der Waals surface area contributed by atoms with E-state index in [1.165, 1.54) is 0 Å². The van der Waals surface area contributed by atoms with Gasteiger partial charge in [-0.2, -0.15) is 8.42 Å². The van der Waals surface area contributed by atoms with Gasteiger partial charge in [0.05, 0.1) is 5.75 Å². The van der Waals surface area contributed by atoms with Gasteiger partial charge in [0, 0.05) is 6.04 Å². The maximum atomic E-state index is 10.2. The van der Waals surface area contributed by atoms with Crippen molar-refractivity contribution in [1.82, 2.24) is 5.73 Å². The summed E-state index contributed by atoms with van der Waals surface area (Å²) in [4.78, 5) is 0. The van der Waals surface area contributed by atoms with Gasteiger partial charge in [0.1, 0.15) is 0 Å². The standard InChI is InChI=1S/C6H14NO3S/c1-2-6(7)4-3-5-11(8,9)10/h6-7H,2-5H2,1H3,(H,8,9,10). The minimum absolute atomic E-state index is 0.197. The summed E-state index contributed by atoms with van der Waals surface area (Å²) in [7, 11) is -3.81. The molecule has 0 aliphatic carbocycles. The lowest BCUT2D eigenvalue weighted by molar-refractivity contribution is 0.476. The number of nitrogens with one attached hydrogen (secondary N) is 1. The Kier molecular flexibility index (Phi) is 4.63. The van der Waals surface area contributed by atoms with E-state index in [9.17, 15) is 8.42 Å². The molecule has 2 N–H and O–H groups in total. The van der Waals surface area contributed by atoms with E-state index in [1.54, 1.807) is 0 Å². The van der Waals surface area contributed by atoms with Crippen LogP contribution in [0.4, 0.5) is 0 Å². The number of hydrogen-bond acceptors (Lipinski definition) is 2. The van der Waals surface area contributed by atoms with E-state index in [0.717, 1.165) is 6.42 Å². The summed E-state index contributed by atoms with van der Waals surface area (Å²) >= 11 is 0. The molecule has 67 valence electrons. The molecule has 0 saturated carbocycles. The first-order chi connectivity index (χ1) is 4.95. The van der Waals surface area contributed by atoms with Crippen molar-refractivity contribution in [1.29, 1.82) is 0 Å². The van der Waals surface area contributed by atoms with Crippen LogP contribution in [-0.2, 0) is 10.1 Å². The lowest BCUT2D eigenvalue weighted by Gasteiger charge is -2.04. The molecule has 0 spiro atoms. The molecule has 4 nitrogen and oxygen atoms in total. The van der Waals surface area contributed by atoms with Crippen molar-refractivity contribution >= 4 is 10.1 Å². The summed E-state index contributed by atoms with van der Waals surface area (Å²) in [6.45, 7) is 1.88. The normalized spacial score (nSPS) is 14.8. The van der Waals surface area contributed by atoms with Crippen molar-refractivity contribution in [2.24, 2.45) is 0 Å². The van der Waals surface area contributed by atoms with Crippen molar-refractivity contribution in [2.75, 3.05) is 5.75 Å². The Morgan fingerprint density at radius 3 is 2.45 bits per heavy atom. The van der Waals surface area contributed by atoms with Crippen LogP contribution in [0.15, 0.2) is 0 Å². The van der Waals surface area contributed by atoms with Crippen molar-refractivity contribution in [3.8, 4) is 0 Å². The van der Waals surface area contributed by atoms with Crippen molar-refractivity contribution < 1.29 is 13.0 Å². The fourth-order valence-electron chi connectivity index (χ4n) is 0.716. The Morgan fingerprint density at radius 1 is 1.55 bits per heavy atom. The predicted octanol–water partition coefficient (Wildman–Crippen LogP) is 0.716. The highest BCUT2D eigenvalue weighted by atomic mass is 32.2. The minimum atomic E-state index is -3.81. The highest BCUT2D eigenvalue weighted by molar-refractivity contribution is 7.85. The Hall–Kier alpha value is -0.130. The topological polar surface area (TPSA) is 78.2 Å². The summed E-state index contributed by atoms with van der Waals surface area (Å²) in [5.41, 5.74) is 7.25. The zero-order valence-electron chi connectivity index (χ0n) is 6.58. The van der Waals surface area contributed by atoms with E-state index in [1.807, 2.05) is 6.92 Å². The molecule has 1 atom stereocenters. The van der Waals surface area contributed by atoms with Gasteiger partial charge in [0.15, 0.2) is 0 Å². The van der Waals surface area contributed by atoms with E-state index in [4.69, 9.17) is 10.3 Å². The molecule has 0 amide bonds. The third-order valence-corrected chi connectivity index (χ3v) is 2.25. The Bertz CT molecular complexity index is 188. The third-order valence-electron chi connectivity index (χ3n) is 1.45. The smallest absolute Gasteiger partial charge is 0.264 e. The second-order valence-electron chi connectivity index (χ2n) is 2.53. The summed E-state index contributed by atoms with van der Waals surface area (Å²) in [5, 5.41) is 0. The van der Waals surface area contributed by atoms with E-state index < -0.39 is 10.1 Å². The SMILES string of the molecule is CCC([NH])CCCS(=O)(=O)O. The molecular formula is C6H14NO3S. The van der Waals surface area contributed by atoms with Crippen LogP contribution in [0, 0.1) is 0 Å². The Morgan fingerprint density at radius 2 is 2.09 bits per heavy atom. The lowest BCUT2D eigenvalue weighted by atomic mass is 10.1. The van der Waals surface area contributed by atoms with E-state index in [-0.39, 0.29) is 11.8 Å². The monoisotopic (exact) mass is 180 g/mol. The molecule has 11 heavy (non-hydrogen) atoms. The fraction of sp³-hybridized carbons (Fsp3) is 1.00. The quantitative estimate of drug-likeness (QED) is 0.633. The first-order valence-electron chi connectivity index (χ1n) is 3.62. The zero-order chi connectivity index (χ0) is 8.91. The molecule has 0 rings (SSSR count). The first-order valence-corrected chi connectivity index (χ1v) is 5.23. The van der Waals surface area contributed by atoms with Crippen LogP contribution in [0.2, 0.25) is 0 Å². The molecule has 0 aromatic rings. The van der Waals surface area contributed by atoms with Crippen molar-refractivity contribution in [3.05, 3.63) is 0 Å². The average Bonchev–Trinajstić information content (AvgIpc) is 1.85. The van der Waals surface area contributed by atoms with Crippen LogP contribution in [0.3, 0.4) is 0 Å². The summed E-state index contributed by atoms with van der Waals surface area (Å²) < 4.78 is 28.7. The van der Waals surface area contributed by atoms with E-state index >= 15 is 0 Å². The van der Waals surface area contributed by atoms with Crippen molar-refractivity contribution in [3.63, 3.8) is 0 Å². The van der Waals surface area contributed by atoms with Crippen LogP contribution < -0.4 is 5.73 Å². The summed E-state index contributed by atoms with van der Waals surface area (Å²) in [6, 6.07) is -0.197. The van der Waals surface area contributed by atoms with Crippen LogP contribution in [-0.4, -0.2) is 24.8 Å². The van der Waals surface area contributed by atoms with Gasteiger partial charge >= 0.3 is 0 Å². The van der Waals surface area contributed by atoms with Crippen LogP contribution >= 0.6 is 0 Å². The highest BCUT2D eigenvalue weighted by Gasteiger charge is 2.06. The molecule has 0 bridgehead atoms. The lowest BCUT2D eigenvalue weighted by Crippen LogP contribution is -2.11. The highest BCUT2D eigenvalue weighted by Crippen LogP contribution is 2.01.